The number of esters is 2. The second kappa shape index (κ2) is 22.9. The highest BCUT2D eigenvalue weighted by Gasteiger charge is 2.22. The van der Waals surface area contributed by atoms with Gasteiger partial charge in [0.25, 0.3) is 17.3 Å². The van der Waals surface area contributed by atoms with Gasteiger partial charge < -0.3 is 25.6 Å². The van der Waals surface area contributed by atoms with Crippen molar-refractivity contribution < 1.29 is 52.4 Å². The second-order valence-corrected chi connectivity index (χ2v) is 13.4. The van der Waals surface area contributed by atoms with Gasteiger partial charge in [0.1, 0.15) is 22.8 Å². The van der Waals surface area contributed by atoms with E-state index >= 15 is 0 Å². The smallest absolute Gasteiger partial charge is 0.342 e. The molecule has 0 radical (unpaired) electrons. The van der Waals surface area contributed by atoms with E-state index in [2.05, 4.69) is 14.8 Å². The summed E-state index contributed by atoms with van der Waals surface area (Å²) < 4.78 is 35.3. The van der Waals surface area contributed by atoms with Crippen LogP contribution < -0.4 is 11.1 Å². The van der Waals surface area contributed by atoms with Crippen molar-refractivity contribution in [1.29, 1.82) is 0 Å². The molecule has 63 heavy (non-hydrogen) atoms. The minimum Gasteiger partial charge on any atom is -0.477 e. The summed E-state index contributed by atoms with van der Waals surface area (Å²) in [5.41, 5.74) is 10.4. The largest absolute Gasteiger partial charge is 0.477 e. The van der Waals surface area contributed by atoms with Crippen LogP contribution in [0.15, 0.2) is 133 Å². The molecule has 15 nitrogen and oxygen atoms in total. The van der Waals surface area contributed by atoms with Crippen LogP contribution in [0.1, 0.15) is 63.7 Å². The van der Waals surface area contributed by atoms with Crippen molar-refractivity contribution >= 4 is 46.6 Å². The molecule has 6 aromatic carbocycles. The average Bonchev–Trinajstić information content (AvgIpc) is 3.28. The van der Waals surface area contributed by atoms with Gasteiger partial charge in [-0.25, -0.2) is 23.2 Å². The number of nitro benzene ring substituents is 2. The molecule has 324 valence electrons. The predicted molar refractivity (Wildman–Crippen MR) is 229 cm³/mol. The van der Waals surface area contributed by atoms with Gasteiger partial charge in [-0.3, -0.25) is 25.0 Å². The molecule has 4 N–H and O–H groups in total. The molecule has 0 aromatic heterocycles. The number of aromatic carboxylic acids is 1. The molecule has 0 unspecified atom stereocenters. The minimum atomic E-state index is -1.52. The molecule has 17 heteroatoms. The normalized spacial score (nSPS) is 10.2. The van der Waals surface area contributed by atoms with E-state index in [1.54, 1.807) is 36.4 Å². The Balaban J connectivity index is 0.000000230. The van der Waals surface area contributed by atoms with Crippen molar-refractivity contribution in [2.45, 2.75) is 25.7 Å². The molecule has 6 aromatic rings. The molecule has 1 amide bonds. The number of carbonyl (C=O) groups is 4. The van der Waals surface area contributed by atoms with Crippen LogP contribution in [0, 0.1) is 31.9 Å². The number of carbonyl (C=O) groups excluding carboxylic acids is 3. The number of methoxy groups -OCH3 is 2. The first kappa shape index (κ1) is 47.3. The topological polar surface area (TPSA) is 231 Å². The third kappa shape index (κ3) is 14.4. The van der Waals surface area contributed by atoms with Crippen molar-refractivity contribution in [3.8, 4) is 0 Å². The lowest BCUT2D eigenvalue weighted by Crippen LogP contribution is -2.14. The molecule has 0 aliphatic heterocycles. The lowest BCUT2D eigenvalue weighted by Gasteiger charge is -2.08. The first-order chi connectivity index (χ1) is 30.1. The lowest BCUT2D eigenvalue weighted by molar-refractivity contribution is -0.385. The average molecular weight is 863 g/mol. The van der Waals surface area contributed by atoms with Gasteiger partial charge in [0.15, 0.2) is 0 Å². The summed E-state index contributed by atoms with van der Waals surface area (Å²) in [4.78, 5) is 65.3. The van der Waals surface area contributed by atoms with Crippen molar-refractivity contribution in [1.82, 2.24) is 0 Å². The number of aryl methyl sites for hydroxylation is 4. The van der Waals surface area contributed by atoms with Crippen LogP contribution in [0.2, 0.25) is 0 Å². The monoisotopic (exact) mass is 862 g/mol. The van der Waals surface area contributed by atoms with Gasteiger partial charge in [-0.05, 0) is 121 Å². The Kier molecular flexibility index (Phi) is 17.2. The quantitative estimate of drug-likeness (QED) is 0.0428. The first-order valence-electron chi connectivity index (χ1n) is 18.8. The molecule has 0 heterocycles. The number of carboxylic acid groups (broad SMARTS) is 1. The van der Waals surface area contributed by atoms with E-state index in [1.165, 1.54) is 25.3 Å². The van der Waals surface area contributed by atoms with Gasteiger partial charge in [-0.15, -0.1) is 0 Å². The molecule has 0 aliphatic carbocycles. The first-order valence-corrected chi connectivity index (χ1v) is 18.8. The summed E-state index contributed by atoms with van der Waals surface area (Å²) in [5, 5.41) is 32.3. The third-order valence-corrected chi connectivity index (χ3v) is 9.13. The van der Waals surface area contributed by atoms with Crippen LogP contribution in [0.25, 0.3) is 0 Å². The van der Waals surface area contributed by atoms with Crippen LogP contribution in [0.3, 0.4) is 0 Å². The number of amides is 1. The number of nitrogens with two attached hydrogens (primary N) is 1. The van der Waals surface area contributed by atoms with E-state index in [-0.39, 0.29) is 17.5 Å². The van der Waals surface area contributed by atoms with Crippen LogP contribution in [0.5, 0.6) is 0 Å². The van der Waals surface area contributed by atoms with Gasteiger partial charge in [-0.2, -0.15) is 0 Å². The molecule has 0 aliphatic rings. The van der Waals surface area contributed by atoms with Crippen molar-refractivity contribution in [2.75, 3.05) is 25.3 Å². The molecule has 0 spiro atoms. The van der Waals surface area contributed by atoms with E-state index < -0.39 is 50.3 Å². The summed E-state index contributed by atoms with van der Waals surface area (Å²) in [7, 11) is 2.72. The number of hydrogen-bond acceptors (Lipinski definition) is 11. The number of carboxylic acids is 1. The summed E-state index contributed by atoms with van der Waals surface area (Å²) >= 11 is 0. The zero-order valence-corrected chi connectivity index (χ0v) is 33.8. The highest BCUT2D eigenvalue weighted by molar-refractivity contribution is 6.07. The van der Waals surface area contributed by atoms with E-state index in [4.69, 9.17) is 10.8 Å². The number of halogens is 2. The molecule has 0 bridgehead atoms. The highest BCUT2D eigenvalue weighted by atomic mass is 19.1. The fourth-order valence-corrected chi connectivity index (χ4v) is 5.75. The standard InChI is InChI=1S/C23H19FN2O5.C16H17NO2.C7H4FNO4/c1-31-23(28)17-8-4-15(5-9-17)2-3-16-6-11-19(12-7-16)25-22(27)20-14-18(24)10-13-21(20)26(29)30;1-19-16(18)14-8-4-12(5-9-14)2-3-13-6-10-15(17)11-7-13;8-4-1-2-6(9(12)13)5(3-4)7(10)11/h4-14H,2-3H2,1H3,(H,25,27);4-11H,2-3,17H2,1H3;1-3H,(H,10,11). The number of ether oxygens (including phenoxy) is 2. The Labute approximate surface area is 359 Å². The molecule has 6 rings (SSSR count). The Morgan fingerprint density at radius 2 is 0.921 bits per heavy atom. The highest BCUT2D eigenvalue weighted by Crippen LogP contribution is 2.22. The lowest BCUT2D eigenvalue weighted by atomic mass is 10.0. The van der Waals surface area contributed by atoms with Crippen LogP contribution in [0.4, 0.5) is 31.5 Å². The maximum absolute atomic E-state index is 13.4. The molecule has 0 atom stereocenters. The Morgan fingerprint density at radius 1 is 0.571 bits per heavy atom. The Morgan fingerprint density at radius 3 is 1.29 bits per heavy atom. The van der Waals surface area contributed by atoms with E-state index in [9.17, 15) is 48.2 Å². The van der Waals surface area contributed by atoms with Crippen LogP contribution in [-0.2, 0) is 35.2 Å². The van der Waals surface area contributed by atoms with E-state index in [0.717, 1.165) is 72.8 Å². The van der Waals surface area contributed by atoms with Gasteiger partial charge in [-0.1, -0.05) is 48.5 Å². The molecular formula is C46H40F2N4O11. The number of anilines is 2. The number of benzene rings is 6. The SMILES string of the molecule is COC(=O)c1ccc(CCc2ccc(N)cc2)cc1.COC(=O)c1ccc(CCc2ccc(NC(=O)c3cc(F)ccc3[N+](=O)[O-])cc2)cc1.O=C(O)c1cc(F)ccc1[N+](=O)[O-]. The fourth-order valence-electron chi connectivity index (χ4n) is 5.75. The number of rotatable bonds is 13. The Bertz CT molecular complexity index is 2570. The minimum absolute atomic E-state index is 0.301. The van der Waals surface area contributed by atoms with Crippen LogP contribution in [-0.4, -0.2) is 53.0 Å². The zero-order chi connectivity index (χ0) is 46.1. The van der Waals surface area contributed by atoms with Crippen molar-refractivity contribution in [3.05, 3.63) is 210 Å². The third-order valence-electron chi connectivity index (χ3n) is 9.13. The summed E-state index contributed by atoms with van der Waals surface area (Å²) in [5.74, 6) is -4.51. The van der Waals surface area contributed by atoms with Crippen molar-refractivity contribution in [2.24, 2.45) is 0 Å². The fraction of sp³-hybridized carbons (Fsp3) is 0.130. The second-order valence-electron chi connectivity index (χ2n) is 13.4. The predicted octanol–water partition coefficient (Wildman–Crippen LogP) is 8.83. The molecular weight excluding hydrogens is 823 g/mol. The van der Waals surface area contributed by atoms with Gasteiger partial charge in [0, 0.05) is 23.5 Å². The summed E-state index contributed by atoms with van der Waals surface area (Å²) in [6.07, 6.45) is 3.38. The molecule has 0 saturated heterocycles. The van der Waals surface area contributed by atoms with Crippen LogP contribution >= 0.6 is 0 Å². The van der Waals surface area contributed by atoms with Crippen molar-refractivity contribution in [3.63, 3.8) is 0 Å². The number of nitrogen functional groups attached to an aromatic ring is 1. The number of hydrogen-bond donors (Lipinski definition) is 3. The maximum Gasteiger partial charge on any atom is 0.342 e. The van der Waals surface area contributed by atoms with Gasteiger partial charge >= 0.3 is 17.9 Å². The zero-order valence-electron chi connectivity index (χ0n) is 33.8. The number of nitrogens with zero attached hydrogens (tertiary/aromatic N) is 2. The molecule has 0 saturated carbocycles. The summed E-state index contributed by atoms with van der Waals surface area (Å²) in [6, 6.07) is 34.6. The summed E-state index contributed by atoms with van der Waals surface area (Å²) in [6.45, 7) is 0. The Hall–Kier alpha value is -8.34. The number of nitrogens with one attached hydrogen (secondary N) is 1. The van der Waals surface area contributed by atoms with Gasteiger partial charge in [0.05, 0.1) is 35.2 Å². The molecule has 0 fully saturated rings. The van der Waals surface area contributed by atoms with Gasteiger partial charge in [0.2, 0.25) is 0 Å². The number of nitro groups is 2. The van der Waals surface area contributed by atoms with E-state index in [1.807, 2.05) is 60.7 Å². The van der Waals surface area contributed by atoms with E-state index in [0.29, 0.717) is 22.9 Å². The maximum atomic E-state index is 13.4.